The number of likely N-dealkylation sites (tertiary alicyclic amines) is 1. The predicted molar refractivity (Wildman–Crippen MR) is 97.4 cm³/mol. The number of esters is 1. The van der Waals surface area contributed by atoms with Gasteiger partial charge in [-0.3, -0.25) is 9.69 Å². The average molecular weight is 362 g/mol. The van der Waals surface area contributed by atoms with E-state index in [0.717, 1.165) is 31.4 Å². The lowest BCUT2D eigenvalue weighted by Crippen LogP contribution is -2.52. The van der Waals surface area contributed by atoms with Crippen molar-refractivity contribution in [3.63, 3.8) is 0 Å². The Labute approximate surface area is 155 Å². The summed E-state index contributed by atoms with van der Waals surface area (Å²) >= 11 is 0. The molecule has 1 aromatic rings. The van der Waals surface area contributed by atoms with Crippen LogP contribution in [0.2, 0.25) is 0 Å². The molecule has 1 saturated carbocycles. The van der Waals surface area contributed by atoms with Crippen molar-refractivity contribution in [2.24, 2.45) is 0 Å². The first kappa shape index (κ1) is 19.0. The first-order chi connectivity index (χ1) is 12.7. The third-order valence-corrected chi connectivity index (χ3v) is 5.50. The minimum Gasteiger partial charge on any atom is -0.468 e. The summed E-state index contributed by atoms with van der Waals surface area (Å²) in [7, 11) is 0. The predicted octanol–water partition coefficient (Wildman–Crippen LogP) is 2.97. The van der Waals surface area contributed by atoms with E-state index in [-0.39, 0.29) is 11.9 Å². The number of amides is 1. The van der Waals surface area contributed by atoms with Crippen LogP contribution in [-0.4, -0.2) is 53.5 Å². The second-order valence-corrected chi connectivity index (χ2v) is 7.27. The molecule has 0 aromatic carbocycles. The first-order valence-electron chi connectivity index (χ1n) is 9.91. The Balaban J connectivity index is 1.67. The molecule has 0 radical (unpaired) electrons. The molecule has 3 rings (SSSR count). The molecular formula is C20H30N2O4. The molecule has 144 valence electrons. The fourth-order valence-corrected chi connectivity index (χ4v) is 4.16. The van der Waals surface area contributed by atoms with E-state index in [1.807, 2.05) is 12.1 Å². The Morgan fingerprint density at radius 3 is 2.69 bits per heavy atom. The van der Waals surface area contributed by atoms with Crippen LogP contribution in [-0.2, 0) is 20.9 Å². The number of carbonyl (C=O) groups excluding carboxylic acids is 2. The molecule has 2 aliphatic rings. The fraction of sp³-hybridized carbons (Fsp3) is 0.700. The van der Waals surface area contributed by atoms with E-state index >= 15 is 0 Å². The summed E-state index contributed by atoms with van der Waals surface area (Å²) in [6.45, 7) is 3.77. The van der Waals surface area contributed by atoms with Gasteiger partial charge in [-0.15, -0.1) is 0 Å². The second-order valence-electron chi connectivity index (χ2n) is 7.27. The molecule has 2 heterocycles. The third kappa shape index (κ3) is 4.67. The van der Waals surface area contributed by atoms with Gasteiger partial charge in [0.2, 0.25) is 5.91 Å². The molecule has 1 aliphatic heterocycles. The van der Waals surface area contributed by atoms with E-state index in [0.29, 0.717) is 38.7 Å². The van der Waals surface area contributed by atoms with Crippen molar-refractivity contribution in [2.75, 3.05) is 19.7 Å². The Morgan fingerprint density at radius 1 is 1.23 bits per heavy atom. The van der Waals surface area contributed by atoms with Gasteiger partial charge in [0.25, 0.3) is 0 Å². The normalized spacial score (nSPS) is 21.3. The van der Waals surface area contributed by atoms with Gasteiger partial charge in [0.05, 0.1) is 26.0 Å². The Bertz CT molecular complexity index is 581. The number of furan rings is 1. The van der Waals surface area contributed by atoms with Crippen LogP contribution in [0.5, 0.6) is 0 Å². The highest BCUT2D eigenvalue weighted by molar-refractivity contribution is 5.85. The molecule has 26 heavy (non-hydrogen) atoms. The topological polar surface area (TPSA) is 63.0 Å². The maximum Gasteiger partial charge on any atom is 0.328 e. The highest BCUT2D eigenvalue weighted by atomic mass is 16.5. The molecule has 1 aliphatic carbocycles. The number of ether oxygens (including phenoxy) is 1. The largest absolute Gasteiger partial charge is 0.468 e. The average Bonchev–Trinajstić information content (AvgIpc) is 3.35. The number of nitrogens with zero attached hydrogens (tertiary/aromatic N) is 2. The van der Waals surface area contributed by atoms with Gasteiger partial charge >= 0.3 is 5.97 Å². The molecule has 6 heteroatoms. The Hall–Kier alpha value is -1.82. The van der Waals surface area contributed by atoms with Crippen LogP contribution in [0.1, 0.15) is 57.6 Å². The molecule has 0 bridgehead atoms. The first-order valence-corrected chi connectivity index (χ1v) is 9.91. The quantitative estimate of drug-likeness (QED) is 0.698. The van der Waals surface area contributed by atoms with Crippen LogP contribution >= 0.6 is 0 Å². The van der Waals surface area contributed by atoms with Crippen molar-refractivity contribution >= 4 is 11.9 Å². The van der Waals surface area contributed by atoms with Gasteiger partial charge in [0, 0.05) is 12.6 Å². The van der Waals surface area contributed by atoms with Crippen LogP contribution in [0.3, 0.4) is 0 Å². The van der Waals surface area contributed by atoms with Gasteiger partial charge < -0.3 is 14.1 Å². The summed E-state index contributed by atoms with van der Waals surface area (Å²) in [5, 5.41) is 0. The molecule has 1 atom stereocenters. The summed E-state index contributed by atoms with van der Waals surface area (Å²) in [5.41, 5.74) is 0. The van der Waals surface area contributed by atoms with Gasteiger partial charge in [-0.1, -0.05) is 12.8 Å². The lowest BCUT2D eigenvalue weighted by atomic mass is 10.0. The smallest absolute Gasteiger partial charge is 0.328 e. The van der Waals surface area contributed by atoms with E-state index in [4.69, 9.17) is 9.15 Å². The van der Waals surface area contributed by atoms with Gasteiger partial charge in [-0.05, 0) is 51.2 Å². The van der Waals surface area contributed by atoms with Crippen LogP contribution in [0, 0.1) is 0 Å². The summed E-state index contributed by atoms with van der Waals surface area (Å²) in [4.78, 5) is 29.3. The van der Waals surface area contributed by atoms with E-state index in [2.05, 4.69) is 4.90 Å². The van der Waals surface area contributed by atoms with Crippen molar-refractivity contribution in [3.8, 4) is 0 Å². The van der Waals surface area contributed by atoms with E-state index in [1.165, 1.54) is 12.8 Å². The Kier molecular flexibility index (Phi) is 6.72. The molecule has 0 N–H and O–H groups in total. The lowest BCUT2D eigenvalue weighted by Gasteiger charge is -2.36. The van der Waals surface area contributed by atoms with Crippen LogP contribution in [0.4, 0.5) is 0 Å². The number of hydrogen-bond acceptors (Lipinski definition) is 5. The number of piperidine rings is 1. The van der Waals surface area contributed by atoms with E-state index in [9.17, 15) is 9.59 Å². The zero-order valence-corrected chi connectivity index (χ0v) is 15.7. The van der Waals surface area contributed by atoms with Crippen molar-refractivity contribution in [1.29, 1.82) is 0 Å². The molecule has 1 saturated heterocycles. The number of hydrogen-bond donors (Lipinski definition) is 0. The fourth-order valence-electron chi connectivity index (χ4n) is 4.16. The summed E-state index contributed by atoms with van der Waals surface area (Å²) in [5.74, 6) is 0.644. The zero-order valence-electron chi connectivity index (χ0n) is 15.7. The van der Waals surface area contributed by atoms with Crippen molar-refractivity contribution in [3.05, 3.63) is 24.2 Å². The third-order valence-electron chi connectivity index (χ3n) is 5.50. The molecular weight excluding hydrogens is 332 g/mol. The van der Waals surface area contributed by atoms with Gasteiger partial charge in [-0.25, -0.2) is 4.79 Å². The minimum atomic E-state index is -0.426. The van der Waals surface area contributed by atoms with E-state index < -0.39 is 6.04 Å². The van der Waals surface area contributed by atoms with Crippen molar-refractivity contribution in [1.82, 2.24) is 9.80 Å². The highest BCUT2D eigenvalue weighted by Crippen LogP contribution is 2.26. The van der Waals surface area contributed by atoms with Crippen LogP contribution in [0.15, 0.2) is 22.8 Å². The summed E-state index contributed by atoms with van der Waals surface area (Å²) in [6, 6.07) is 3.82. The molecule has 1 unspecified atom stereocenters. The van der Waals surface area contributed by atoms with Gasteiger partial charge in [-0.2, -0.15) is 0 Å². The maximum atomic E-state index is 13.1. The summed E-state index contributed by atoms with van der Waals surface area (Å²) in [6.07, 6.45) is 8.95. The highest BCUT2D eigenvalue weighted by Gasteiger charge is 2.35. The standard InChI is InChI=1S/C20H30N2O4/c1-2-25-20(24)18-11-5-6-12-22(18)19(23)15-21(16-8-3-4-9-16)14-17-10-7-13-26-17/h7,10,13,16,18H,2-6,8-9,11-12,14-15H2,1H3. The molecule has 2 fully saturated rings. The summed E-state index contributed by atoms with van der Waals surface area (Å²) < 4.78 is 10.7. The Morgan fingerprint density at radius 2 is 2.00 bits per heavy atom. The van der Waals surface area contributed by atoms with Crippen LogP contribution < -0.4 is 0 Å². The molecule has 6 nitrogen and oxygen atoms in total. The lowest BCUT2D eigenvalue weighted by molar-refractivity contribution is -0.157. The SMILES string of the molecule is CCOC(=O)C1CCCCN1C(=O)CN(Cc1ccco1)C1CCCC1. The number of rotatable bonds is 7. The van der Waals surface area contributed by atoms with E-state index in [1.54, 1.807) is 18.1 Å². The molecule has 0 spiro atoms. The number of carbonyl (C=O) groups is 2. The maximum absolute atomic E-state index is 13.1. The molecule has 1 aromatic heterocycles. The zero-order chi connectivity index (χ0) is 18.4. The monoisotopic (exact) mass is 362 g/mol. The molecule has 1 amide bonds. The minimum absolute atomic E-state index is 0.0289. The van der Waals surface area contributed by atoms with Crippen LogP contribution in [0.25, 0.3) is 0 Å². The van der Waals surface area contributed by atoms with Crippen molar-refractivity contribution < 1.29 is 18.7 Å². The second kappa shape index (κ2) is 9.21. The van der Waals surface area contributed by atoms with Crippen molar-refractivity contribution in [2.45, 2.75) is 70.5 Å². The van der Waals surface area contributed by atoms with Gasteiger partial charge in [0.1, 0.15) is 11.8 Å². The van der Waals surface area contributed by atoms with Gasteiger partial charge in [0.15, 0.2) is 0 Å².